The van der Waals surface area contributed by atoms with Crippen LogP contribution in [0.1, 0.15) is 10.7 Å². The van der Waals surface area contributed by atoms with Crippen molar-refractivity contribution in [2.24, 2.45) is 5.73 Å². The molecule has 0 radical (unpaired) electrons. The third-order valence-electron chi connectivity index (χ3n) is 2.49. The third-order valence-corrected chi connectivity index (χ3v) is 3.71. The van der Waals surface area contributed by atoms with Crippen molar-refractivity contribution in [2.45, 2.75) is 19.6 Å². The Hall–Kier alpha value is -0.560. The Balaban J connectivity index is 1.92. The second kappa shape index (κ2) is 5.18. The SMILES string of the molecule is Cc1csc(CN2CCOC(C(N)=S)C2)n1. The molecular formula is C10H15N3OS2. The summed E-state index contributed by atoms with van der Waals surface area (Å²) in [5.74, 6) is 0. The van der Waals surface area contributed by atoms with Crippen molar-refractivity contribution >= 4 is 28.5 Å². The summed E-state index contributed by atoms with van der Waals surface area (Å²) in [6, 6.07) is 0. The number of hydrogen-bond acceptors (Lipinski definition) is 5. The van der Waals surface area contributed by atoms with Gasteiger partial charge in [0.25, 0.3) is 0 Å². The van der Waals surface area contributed by atoms with Crippen molar-refractivity contribution in [1.29, 1.82) is 0 Å². The van der Waals surface area contributed by atoms with E-state index in [1.54, 1.807) is 11.3 Å². The lowest BCUT2D eigenvalue weighted by Crippen LogP contribution is -2.47. The summed E-state index contributed by atoms with van der Waals surface area (Å²) in [5, 5.41) is 3.21. The van der Waals surface area contributed by atoms with Gasteiger partial charge >= 0.3 is 0 Å². The van der Waals surface area contributed by atoms with Crippen LogP contribution < -0.4 is 5.73 Å². The van der Waals surface area contributed by atoms with Gasteiger partial charge in [0.2, 0.25) is 0 Å². The van der Waals surface area contributed by atoms with Crippen molar-refractivity contribution in [3.05, 3.63) is 16.1 Å². The first kappa shape index (κ1) is 11.9. The monoisotopic (exact) mass is 257 g/mol. The number of ether oxygens (including phenoxy) is 1. The zero-order valence-electron chi connectivity index (χ0n) is 9.18. The molecule has 4 nitrogen and oxygen atoms in total. The number of hydrogen-bond donors (Lipinski definition) is 1. The Morgan fingerprint density at radius 3 is 3.25 bits per heavy atom. The molecule has 1 atom stereocenters. The van der Waals surface area contributed by atoms with Crippen LogP contribution in [0.15, 0.2) is 5.38 Å². The normalized spacial score (nSPS) is 22.2. The lowest BCUT2D eigenvalue weighted by atomic mass is 10.2. The maximum Gasteiger partial charge on any atom is 0.120 e. The topological polar surface area (TPSA) is 51.4 Å². The molecule has 1 saturated heterocycles. The first-order valence-corrected chi connectivity index (χ1v) is 6.48. The molecule has 0 aromatic carbocycles. The highest BCUT2D eigenvalue weighted by atomic mass is 32.1. The van der Waals surface area contributed by atoms with E-state index < -0.39 is 0 Å². The molecule has 0 spiro atoms. The molecule has 88 valence electrons. The third kappa shape index (κ3) is 2.98. The number of morpholine rings is 1. The standard InChI is InChI=1S/C10H15N3OS2/c1-7-6-16-9(12-7)5-13-2-3-14-8(4-13)10(11)15/h6,8H,2-5H2,1H3,(H2,11,15). The molecule has 1 unspecified atom stereocenters. The van der Waals surface area contributed by atoms with E-state index in [1.807, 2.05) is 6.92 Å². The molecule has 1 aromatic rings. The number of nitrogens with zero attached hydrogens (tertiary/aromatic N) is 2. The first-order chi connectivity index (χ1) is 7.65. The predicted molar refractivity (Wildman–Crippen MR) is 68.7 cm³/mol. The molecule has 2 rings (SSSR count). The quantitative estimate of drug-likeness (QED) is 0.817. The number of nitrogens with two attached hydrogens (primary N) is 1. The molecule has 2 N–H and O–H groups in total. The van der Waals surface area contributed by atoms with Crippen LogP contribution >= 0.6 is 23.6 Å². The molecule has 0 aliphatic carbocycles. The lowest BCUT2D eigenvalue weighted by Gasteiger charge is -2.31. The van der Waals surface area contributed by atoms with Crippen LogP contribution in [0.25, 0.3) is 0 Å². The number of rotatable bonds is 3. The summed E-state index contributed by atoms with van der Waals surface area (Å²) >= 11 is 6.65. The zero-order chi connectivity index (χ0) is 11.5. The fourth-order valence-corrected chi connectivity index (χ4v) is 2.64. The highest BCUT2D eigenvalue weighted by Crippen LogP contribution is 2.14. The summed E-state index contributed by atoms with van der Waals surface area (Å²) < 4.78 is 5.49. The van der Waals surface area contributed by atoms with E-state index in [4.69, 9.17) is 22.7 Å². The van der Waals surface area contributed by atoms with Crippen molar-refractivity contribution in [3.8, 4) is 0 Å². The van der Waals surface area contributed by atoms with E-state index in [9.17, 15) is 0 Å². The smallest absolute Gasteiger partial charge is 0.120 e. The molecule has 1 aromatic heterocycles. The average Bonchev–Trinajstić information content (AvgIpc) is 2.64. The molecule has 1 fully saturated rings. The van der Waals surface area contributed by atoms with Crippen molar-refractivity contribution in [3.63, 3.8) is 0 Å². The number of aryl methyl sites for hydroxylation is 1. The van der Waals surface area contributed by atoms with Crippen LogP contribution in [-0.4, -0.2) is 40.7 Å². The molecule has 6 heteroatoms. The first-order valence-electron chi connectivity index (χ1n) is 5.19. The molecule has 0 amide bonds. The number of thiocarbonyl (C=S) groups is 1. The summed E-state index contributed by atoms with van der Waals surface area (Å²) in [6.45, 7) is 5.25. The minimum Gasteiger partial charge on any atom is -0.391 e. The van der Waals surface area contributed by atoms with Crippen LogP contribution in [-0.2, 0) is 11.3 Å². The Bertz CT molecular complexity index is 380. The van der Waals surface area contributed by atoms with Gasteiger partial charge in [-0.25, -0.2) is 4.98 Å². The van der Waals surface area contributed by atoms with E-state index in [0.29, 0.717) is 11.6 Å². The number of thiazole rings is 1. The maximum atomic E-state index is 5.59. The van der Waals surface area contributed by atoms with Crippen LogP contribution in [0.3, 0.4) is 0 Å². The zero-order valence-corrected chi connectivity index (χ0v) is 10.8. The van der Waals surface area contributed by atoms with Crippen LogP contribution in [0.2, 0.25) is 0 Å². The number of aromatic nitrogens is 1. The second-order valence-electron chi connectivity index (χ2n) is 3.88. The summed E-state index contributed by atoms with van der Waals surface area (Å²) in [7, 11) is 0. The molecule has 1 aliphatic heterocycles. The Kier molecular flexibility index (Phi) is 3.86. The highest BCUT2D eigenvalue weighted by molar-refractivity contribution is 7.80. The van der Waals surface area contributed by atoms with Gasteiger partial charge in [-0.05, 0) is 6.92 Å². The maximum absolute atomic E-state index is 5.59. The minimum atomic E-state index is -0.107. The fraction of sp³-hybridized carbons (Fsp3) is 0.600. The van der Waals surface area contributed by atoms with Gasteiger partial charge < -0.3 is 10.5 Å². The van der Waals surface area contributed by atoms with E-state index in [0.717, 1.165) is 30.3 Å². The minimum absolute atomic E-state index is 0.107. The Morgan fingerprint density at radius 1 is 1.81 bits per heavy atom. The van der Waals surface area contributed by atoms with Crippen LogP contribution in [0, 0.1) is 6.92 Å². The predicted octanol–water partition coefficient (Wildman–Crippen LogP) is 0.938. The largest absolute Gasteiger partial charge is 0.391 e. The average molecular weight is 257 g/mol. The van der Waals surface area contributed by atoms with Gasteiger partial charge in [0.05, 0.1) is 13.2 Å². The summed E-state index contributed by atoms with van der Waals surface area (Å²) in [6.07, 6.45) is -0.107. The summed E-state index contributed by atoms with van der Waals surface area (Å²) in [5.41, 5.74) is 6.68. The van der Waals surface area contributed by atoms with Crippen LogP contribution in [0.5, 0.6) is 0 Å². The highest BCUT2D eigenvalue weighted by Gasteiger charge is 2.22. The Labute approximate surface area is 104 Å². The molecule has 2 heterocycles. The summed E-state index contributed by atoms with van der Waals surface area (Å²) in [4.78, 5) is 7.17. The van der Waals surface area contributed by atoms with Gasteiger partial charge in [-0.15, -0.1) is 11.3 Å². The second-order valence-corrected chi connectivity index (χ2v) is 5.29. The van der Waals surface area contributed by atoms with E-state index in [1.165, 1.54) is 0 Å². The molecule has 0 saturated carbocycles. The van der Waals surface area contributed by atoms with Crippen molar-refractivity contribution < 1.29 is 4.74 Å². The Morgan fingerprint density at radius 2 is 2.62 bits per heavy atom. The van der Waals surface area contributed by atoms with Gasteiger partial charge in [0.15, 0.2) is 0 Å². The van der Waals surface area contributed by atoms with Crippen molar-refractivity contribution in [1.82, 2.24) is 9.88 Å². The van der Waals surface area contributed by atoms with Gasteiger partial charge in [-0.2, -0.15) is 0 Å². The van der Waals surface area contributed by atoms with Gasteiger partial charge in [-0.1, -0.05) is 12.2 Å². The van der Waals surface area contributed by atoms with Gasteiger partial charge in [-0.3, -0.25) is 4.90 Å². The molecule has 1 aliphatic rings. The van der Waals surface area contributed by atoms with Crippen LogP contribution in [0.4, 0.5) is 0 Å². The molecule has 16 heavy (non-hydrogen) atoms. The van der Waals surface area contributed by atoms with E-state index in [2.05, 4.69) is 15.3 Å². The molecular weight excluding hydrogens is 242 g/mol. The van der Waals surface area contributed by atoms with E-state index in [-0.39, 0.29) is 6.10 Å². The van der Waals surface area contributed by atoms with Gasteiger partial charge in [0, 0.05) is 24.2 Å². The van der Waals surface area contributed by atoms with Gasteiger partial charge in [0.1, 0.15) is 16.1 Å². The molecule has 0 bridgehead atoms. The van der Waals surface area contributed by atoms with E-state index >= 15 is 0 Å². The van der Waals surface area contributed by atoms with Crippen molar-refractivity contribution in [2.75, 3.05) is 19.7 Å². The fourth-order valence-electron chi connectivity index (χ4n) is 1.68. The lowest BCUT2D eigenvalue weighted by molar-refractivity contribution is 0.00388.